The third kappa shape index (κ3) is 8.93. The number of ether oxygens (including phenoxy) is 1. The smallest absolute Gasteiger partial charge is 0.127 e. The van der Waals surface area contributed by atoms with Gasteiger partial charge in [0.25, 0.3) is 0 Å². The van der Waals surface area contributed by atoms with Gasteiger partial charge in [0.15, 0.2) is 0 Å². The van der Waals surface area contributed by atoms with E-state index in [2.05, 4.69) is 13.0 Å². The van der Waals surface area contributed by atoms with Gasteiger partial charge in [-0.25, -0.2) is 0 Å². The van der Waals surface area contributed by atoms with Crippen molar-refractivity contribution in [2.75, 3.05) is 6.61 Å². The molecule has 153 valence electrons. The van der Waals surface area contributed by atoms with Crippen LogP contribution in [0.4, 0.5) is 0 Å². The third-order valence-electron chi connectivity index (χ3n) is 5.21. The Morgan fingerprint density at radius 2 is 1.46 bits per heavy atom. The summed E-state index contributed by atoms with van der Waals surface area (Å²) >= 11 is 0. The van der Waals surface area contributed by atoms with Crippen molar-refractivity contribution in [2.24, 2.45) is 0 Å². The minimum atomic E-state index is -0.401. The van der Waals surface area contributed by atoms with Crippen LogP contribution in [-0.2, 0) is 0 Å². The normalized spacial score (nSPS) is 12.1. The van der Waals surface area contributed by atoms with Gasteiger partial charge in [0.05, 0.1) is 6.10 Å². The van der Waals surface area contributed by atoms with Gasteiger partial charge in [0.1, 0.15) is 12.4 Å². The first-order chi connectivity index (χ1) is 13.8. The van der Waals surface area contributed by atoms with Crippen LogP contribution in [0.15, 0.2) is 48.5 Å². The first kappa shape index (κ1) is 22.5. The standard InChI is InChI=1S/C26H37O2/c1-2-3-4-5-6-7-8-9-10-14-19-24(27)22-28-26-21-16-15-20-25(26)23-17-12-11-13-18-23/h11-13,15-17,20-21,24,27H,2-10,14,19,22H2,1H3. The summed E-state index contributed by atoms with van der Waals surface area (Å²) in [6.07, 6.45) is 13.6. The molecule has 0 saturated heterocycles. The van der Waals surface area contributed by atoms with E-state index >= 15 is 0 Å². The zero-order chi connectivity index (χ0) is 19.9. The molecule has 0 aromatic heterocycles. The first-order valence-electron chi connectivity index (χ1n) is 11.2. The number of hydrogen-bond donors (Lipinski definition) is 1. The number of para-hydroxylation sites is 1. The molecule has 1 N–H and O–H groups in total. The number of aliphatic hydroxyl groups excluding tert-OH is 1. The highest BCUT2D eigenvalue weighted by molar-refractivity contribution is 5.69. The van der Waals surface area contributed by atoms with Crippen LogP contribution in [0.2, 0.25) is 0 Å². The first-order valence-corrected chi connectivity index (χ1v) is 11.2. The summed E-state index contributed by atoms with van der Waals surface area (Å²) in [7, 11) is 0. The van der Waals surface area contributed by atoms with Gasteiger partial charge in [0, 0.05) is 5.56 Å². The van der Waals surface area contributed by atoms with Gasteiger partial charge in [0.2, 0.25) is 0 Å². The Bertz CT molecular complexity index is 623. The molecule has 2 aromatic rings. The highest BCUT2D eigenvalue weighted by atomic mass is 16.5. The Balaban J connectivity index is 1.59. The Hall–Kier alpha value is -1.80. The molecule has 28 heavy (non-hydrogen) atoms. The molecule has 0 aliphatic rings. The van der Waals surface area contributed by atoms with E-state index in [0.717, 1.165) is 29.7 Å². The molecule has 1 unspecified atom stereocenters. The zero-order valence-electron chi connectivity index (χ0n) is 17.5. The van der Waals surface area contributed by atoms with Crippen LogP contribution >= 0.6 is 0 Å². The molecular weight excluding hydrogens is 344 g/mol. The van der Waals surface area contributed by atoms with Gasteiger partial charge in [-0.15, -0.1) is 0 Å². The predicted octanol–water partition coefficient (Wildman–Crippen LogP) is 7.20. The fraction of sp³-hybridized carbons (Fsp3) is 0.538. The van der Waals surface area contributed by atoms with Crippen molar-refractivity contribution in [2.45, 2.75) is 83.7 Å². The maximum atomic E-state index is 10.3. The second-order valence-electron chi connectivity index (χ2n) is 7.71. The molecule has 0 heterocycles. The lowest BCUT2D eigenvalue weighted by Crippen LogP contribution is -2.17. The molecule has 2 nitrogen and oxygen atoms in total. The van der Waals surface area contributed by atoms with Crippen LogP contribution in [0.1, 0.15) is 77.6 Å². The van der Waals surface area contributed by atoms with Gasteiger partial charge in [-0.2, -0.15) is 0 Å². The van der Waals surface area contributed by atoms with Crippen molar-refractivity contribution in [1.29, 1.82) is 0 Å². The zero-order valence-corrected chi connectivity index (χ0v) is 17.5. The van der Waals surface area contributed by atoms with E-state index in [1.165, 1.54) is 57.8 Å². The molecule has 0 spiro atoms. The molecule has 0 bridgehead atoms. The molecule has 0 aliphatic heterocycles. The van der Waals surface area contributed by atoms with E-state index in [-0.39, 0.29) is 0 Å². The van der Waals surface area contributed by atoms with Crippen LogP contribution in [0.3, 0.4) is 0 Å². The molecule has 1 atom stereocenters. The maximum Gasteiger partial charge on any atom is 0.127 e. The molecule has 1 radical (unpaired) electrons. The van der Waals surface area contributed by atoms with Gasteiger partial charge in [-0.05, 0) is 24.1 Å². The molecule has 0 amide bonds. The highest BCUT2D eigenvalue weighted by Gasteiger charge is 2.09. The summed E-state index contributed by atoms with van der Waals surface area (Å²) in [5.74, 6) is 0.812. The molecule has 0 fully saturated rings. The minimum absolute atomic E-state index is 0.348. The topological polar surface area (TPSA) is 29.5 Å². The van der Waals surface area contributed by atoms with Gasteiger partial charge in [-0.1, -0.05) is 114 Å². The average Bonchev–Trinajstić information content (AvgIpc) is 2.74. The summed E-state index contributed by atoms with van der Waals surface area (Å²) < 4.78 is 5.93. The molecule has 0 saturated carbocycles. The number of aliphatic hydroxyl groups is 1. The fourth-order valence-corrected chi connectivity index (χ4v) is 3.51. The predicted molar refractivity (Wildman–Crippen MR) is 119 cm³/mol. The van der Waals surface area contributed by atoms with Gasteiger partial charge in [-0.3, -0.25) is 0 Å². The Morgan fingerprint density at radius 1 is 0.821 bits per heavy atom. The number of benzene rings is 2. The van der Waals surface area contributed by atoms with E-state index in [1.54, 1.807) is 0 Å². The quantitative estimate of drug-likeness (QED) is 0.330. The summed E-state index contributed by atoms with van der Waals surface area (Å²) in [6, 6.07) is 19.1. The highest BCUT2D eigenvalue weighted by Crippen LogP contribution is 2.29. The van der Waals surface area contributed by atoms with Gasteiger partial charge >= 0.3 is 0 Å². The van der Waals surface area contributed by atoms with E-state index in [4.69, 9.17) is 4.74 Å². The van der Waals surface area contributed by atoms with Crippen LogP contribution in [0, 0.1) is 6.07 Å². The van der Waals surface area contributed by atoms with Crippen molar-refractivity contribution in [1.82, 2.24) is 0 Å². The van der Waals surface area contributed by atoms with Crippen molar-refractivity contribution in [3.63, 3.8) is 0 Å². The van der Waals surface area contributed by atoms with Crippen molar-refractivity contribution >= 4 is 0 Å². The minimum Gasteiger partial charge on any atom is -0.490 e. The molecule has 2 heteroatoms. The second-order valence-corrected chi connectivity index (χ2v) is 7.71. The van der Waals surface area contributed by atoms with Crippen molar-refractivity contribution in [3.8, 4) is 16.9 Å². The van der Waals surface area contributed by atoms with Crippen LogP contribution in [-0.4, -0.2) is 17.8 Å². The monoisotopic (exact) mass is 381 g/mol. The molecular formula is C26H37O2. The Kier molecular flexibility index (Phi) is 11.4. The van der Waals surface area contributed by atoms with E-state index in [0.29, 0.717) is 6.61 Å². The van der Waals surface area contributed by atoms with E-state index in [1.807, 2.05) is 48.5 Å². The lowest BCUT2D eigenvalue weighted by Gasteiger charge is -2.15. The lowest BCUT2D eigenvalue weighted by atomic mass is 10.0. The van der Waals surface area contributed by atoms with Crippen LogP contribution in [0.25, 0.3) is 11.1 Å². The summed E-state index contributed by atoms with van der Waals surface area (Å²) in [6.45, 7) is 2.61. The summed E-state index contributed by atoms with van der Waals surface area (Å²) in [5.41, 5.74) is 2.04. The van der Waals surface area contributed by atoms with Crippen molar-refractivity contribution < 1.29 is 9.84 Å². The Labute approximate surface area is 172 Å². The lowest BCUT2D eigenvalue weighted by molar-refractivity contribution is 0.0977. The SMILES string of the molecule is CCCCCCCCCCCCC(O)COc1ccccc1-c1[c]cccc1. The summed E-state index contributed by atoms with van der Waals surface area (Å²) in [4.78, 5) is 0. The maximum absolute atomic E-state index is 10.3. The van der Waals surface area contributed by atoms with Crippen LogP contribution in [0.5, 0.6) is 5.75 Å². The number of hydrogen-bond acceptors (Lipinski definition) is 2. The molecule has 0 aliphatic carbocycles. The third-order valence-corrected chi connectivity index (χ3v) is 5.21. The van der Waals surface area contributed by atoms with E-state index in [9.17, 15) is 5.11 Å². The number of rotatable bonds is 15. The van der Waals surface area contributed by atoms with Gasteiger partial charge < -0.3 is 9.84 Å². The largest absolute Gasteiger partial charge is 0.490 e. The van der Waals surface area contributed by atoms with Crippen molar-refractivity contribution in [3.05, 3.63) is 54.6 Å². The van der Waals surface area contributed by atoms with Crippen LogP contribution < -0.4 is 4.74 Å². The summed E-state index contributed by atoms with van der Waals surface area (Å²) in [5, 5.41) is 10.3. The average molecular weight is 382 g/mol. The molecule has 2 aromatic carbocycles. The van der Waals surface area contributed by atoms with E-state index < -0.39 is 6.10 Å². The fourth-order valence-electron chi connectivity index (χ4n) is 3.51. The Morgan fingerprint density at radius 3 is 2.14 bits per heavy atom. The second kappa shape index (κ2) is 14.2. The number of unbranched alkanes of at least 4 members (excludes halogenated alkanes) is 9. The molecule has 2 rings (SSSR count).